The summed E-state index contributed by atoms with van der Waals surface area (Å²) >= 11 is 12.0. The van der Waals surface area contributed by atoms with Crippen LogP contribution >= 0.6 is 23.2 Å². The number of carbonyl (C=O) groups excluding carboxylic acids is 1. The zero-order valence-electron chi connectivity index (χ0n) is 15.7. The number of hydrogen-bond acceptors (Lipinski definition) is 4. The molecule has 1 aromatic heterocycles. The van der Waals surface area contributed by atoms with E-state index in [4.69, 9.17) is 23.2 Å². The standard InChI is InChI=1S/C18H22Cl2N4O3S/c1-12-22-17(11-23(12)2)28(26,27)24-7-5-13(6-8-24)18(25)21-10-14-3-4-15(19)9-16(14)20/h3-4,9,11,13H,5-8,10H2,1-2H3,(H,21,25). The fourth-order valence-corrected chi connectivity index (χ4v) is 5.10. The van der Waals surface area contributed by atoms with E-state index in [-0.39, 0.29) is 29.9 Å². The third kappa shape index (κ3) is 4.51. The number of amides is 1. The molecule has 0 aliphatic carbocycles. The van der Waals surface area contributed by atoms with Crippen molar-refractivity contribution in [1.29, 1.82) is 0 Å². The van der Waals surface area contributed by atoms with Gasteiger partial charge in [-0.3, -0.25) is 4.79 Å². The molecule has 0 saturated carbocycles. The van der Waals surface area contributed by atoms with Crippen LogP contribution in [0.25, 0.3) is 0 Å². The van der Waals surface area contributed by atoms with Crippen LogP contribution in [0.2, 0.25) is 10.0 Å². The van der Waals surface area contributed by atoms with E-state index in [9.17, 15) is 13.2 Å². The van der Waals surface area contributed by atoms with Gasteiger partial charge in [0.05, 0.1) is 0 Å². The third-order valence-corrected chi connectivity index (χ3v) is 7.34. The van der Waals surface area contributed by atoms with Gasteiger partial charge in [0.25, 0.3) is 10.0 Å². The molecule has 10 heteroatoms. The number of nitrogens with one attached hydrogen (secondary N) is 1. The summed E-state index contributed by atoms with van der Waals surface area (Å²) in [5.41, 5.74) is 0.782. The van der Waals surface area contributed by atoms with Gasteiger partial charge in [0.15, 0.2) is 5.03 Å². The van der Waals surface area contributed by atoms with Gasteiger partial charge in [-0.25, -0.2) is 13.4 Å². The number of sulfonamides is 1. The predicted molar refractivity (Wildman–Crippen MR) is 108 cm³/mol. The fraction of sp³-hybridized carbons (Fsp3) is 0.444. The van der Waals surface area contributed by atoms with Gasteiger partial charge in [0.2, 0.25) is 5.91 Å². The van der Waals surface area contributed by atoms with E-state index < -0.39 is 10.0 Å². The summed E-state index contributed by atoms with van der Waals surface area (Å²) in [6.45, 7) is 2.64. The van der Waals surface area contributed by atoms with Crippen molar-refractivity contribution in [3.63, 3.8) is 0 Å². The summed E-state index contributed by atoms with van der Waals surface area (Å²) in [6, 6.07) is 5.12. The largest absolute Gasteiger partial charge is 0.352 e. The first kappa shape index (κ1) is 21.1. The molecular formula is C18H22Cl2N4O3S. The minimum Gasteiger partial charge on any atom is -0.352 e. The number of aromatic nitrogens is 2. The predicted octanol–water partition coefficient (Wildman–Crippen LogP) is 2.75. The highest BCUT2D eigenvalue weighted by Gasteiger charge is 2.33. The third-order valence-electron chi connectivity index (χ3n) is 4.98. The Hall–Kier alpha value is -1.61. The summed E-state index contributed by atoms with van der Waals surface area (Å²) in [6.07, 6.45) is 2.44. The van der Waals surface area contributed by atoms with E-state index in [2.05, 4.69) is 10.3 Å². The van der Waals surface area contributed by atoms with E-state index in [1.54, 1.807) is 36.7 Å². The van der Waals surface area contributed by atoms with Gasteiger partial charge in [-0.15, -0.1) is 0 Å². The van der Waals surface area contributed by atoms with Gasteiger partial charge in [0, 0.05) is 48.8 Å². The second-order valence-electron chi connectivity index (χ2n) is 6.87. The molecule has 1 fully saturated rings. The molecule has 1 N–H and O–H groups in total. The van der Waals surface area contributed by atoms with Crippen molar-refractivity contribution in [2.24, 2.45) is 13.0 Å². The van der Waals surface area contributed by atoms with Crippen LogP contribution in [0.5, 0.6) is 0 Å². The maximum Gasteiger partial charge on any atom is 0.262 e. The molecule has 0 unspecified atom stereocenters. The van der Waals surface area contributed by atoms with Gasteiger partial charge >= 0.3 is 0 Å². The monoisotopic (exact) mass is 444 g/mol. The summed E-state index contributed by atoms with van der Waals surface area (Å²) < 4.78 is 28.5. The SMILES string of the molecule is Cc1nc(S(=O)(=O)N2CCC(C(=O)NCc3ccc(Cl)cc3Cl)CC2)cn1C. The van der Waals surface area contributed by atoms with Crippen LogP contribution in [0.3, 0.4) is 0 Å². The molecule has 3 rings (SSSR count). The Morgan fingerprint density at radius 1 is 1.29 bits per heavy atom. The van der Waals surface area contributed by atoms with Crippen LogP contribution in [-0.4, -0.2) is 41.3 Å². The molecule has 1 amide bonds. The highest BCUT2D eigenvalue weighted by Crippen LogP contribution is 2.24. The summed E-state index contributed by atoms with van der Waals surface area (Å²) in [5, 5.41) is 3.96. The number of benzene rings is 1. The molecule has 1 aliphatic heterocycles. The van der Waals surface area contributed by atoms with Gasteiger partial charge in [-0.05, 0) is 37.5 Å². The van der Waals surface area contributed by atoms with Crippen molar-refractivity contribution in [3.8, 4) is 0 Å². The Balaban J connectivity index is 1.56. The lowest BCUT2D eigenvalue weighted by molar-refractivity contribution is -0.126. The lowest BCUT2D eigenvalue weighted by atomic mass is 9.97. The number of carbonyl (C=O) groups is 1. The number of aryl methyl sites for hydroxylation is 2. The quantitative estimate of drug-likeness (QED) is 0.767. The van der Waals surface area contributed by atoms with Gasteiger partial charge < -0.3 is 9.88 Å². The summed E-state index contributed by atoms with van der Waals surface area (Å²) in [5.74, 6) is 0.299. The molecule has 152 valence electrons. The minimum absolute atomic E-state index is 0.0489. The first-order valence-corrected chi connectivity index (χ1v) is 11.1. The second kappa shape index (κ2) is 8.41. The Labute approximate surface area is 174 Å². The van der Waals surface area contributed by atoms with Crippen molar-refractivity contribution in [2.75, 3.05) is 13.1 Å². The number of rotatable bonds is 5. The summed E-state index contributed by atoms with van der Waals surface area (Å²) in [4.78, 5) is 16.6. The number of hydrogen-bond donors (Lipinski definition) is 1. The molecule has 0 bridgehead atoms. The Kier molecular flexibility index (Phi) is 6.34. The number of piperidine rings is 1. The average Bonchev–Trinajstić information content (AvgIpc) is 3.00. The molecule has 1 aliphatic rings. The van der Waals surface area contributed by atoms with Crippen molar-refractivity contribution in [2.45, 2.75) is 31.3 Å². The van der Waals surface area contributed by atoms with Gasteiger partial charge in [0.1, 0.15) is 5.82 Å². The minimum atomic E-state index is -3.64. The number of halogens is 2. The maximum atomic E-state index is 12.7. The number of nitrogens with zero attached hydrogens (tertiary/aromatic N) is 3. The first-order chi connectivity index (χ1) is 13.2. The van der Waals surface area contributed by atoms with Crippen LogP contribution in [-0.2, 0) is 28.4 Å². The van der Waals surface area contributed by atoms with E-state index in [1.807, 2.05) is 0 Å². The van der Waals surface area contributed by atoms with Crippen molar-refractivity contribution < 1.29 is 13.2 Å². The second-order valence-corrected chi connectivity index (χ2v) is 9.60. The summed E-state index contributed by atoms with van der Waals surface area (Å²) in [7, 11) is -1.88. The Morgan fingerprint density at radius 3 is 2.54 bits per heavy atom. The Bertz CT molecular complexity index is 963. The molecule has 0 atom stereocenters. The topological polar surface area (TPSA) is 84.3 Å². The normalized spacial score (nSPS) is 16.3. The number of imidazole rings is 1. The first-order valence-electron chi connectivity index (χ1n) is 8.90. The van der Waals surface area contributed by atoms with E-state index >= 15 is 0 Å². The molecule has 1 aromatic carbocycles. The van der Waals surface area contributed by atoms with E-state index in [0.717, 1.165) is 5.56 Å². The highest BCUT2D eigenvalue weighted by molar-refractivity contribution is 7.89. The highest BCUT2D eigenvalue weighted by atomic mass is 35.5. The molecule has 1 saturated heterocycles. The van der Waals surface area contributed by atoms with Crippen molar-refractivity contribution >= 4 is 39.1 Å². The van der Waals surface area contributed by atoms with E-state index in [1.165, 1.54) is 10.5 Å². The molecule has 0 radical (unpaired) electrons. The molecule has 28 heavy (non-hydrogen) atoms. The molecule has 2 aromatic rings. The lowest BCUT2D eigenvalue weighted by Gasteiger charge is -2.30. The van der Waals surface area contributed by atoms with Gasteiger partial charge in [-0.2, -0.15) is 4.31 Å². The van der Waals surface area contributed by atoms with Gasteiger partial charge in [-0.1, -0.05) is 29.3 Å². The van der Waals surface area contributed by atoms with Crippen molar-refractivity contribution in [1.82, 2.24) is 19.2 Å². The van der Waals surface area contributed by atoms with Crippen LogP contribution in [0.4, 0.5) is 0 Å². The van der Waals surface area contributed by atoms with Crippen molar-refractivity contribution in [3.05, 3.63) is 45.8 Å². The molecule has 7 nitrogen and oxygen atoms in total. The maximum absolute atomic E-state index is 12.7. The average molecular weight is 445 g/mol. The smallest absolute Gasteiger partial charge is 0.262 e. The van der Waals surface area contributed by atoms with Crippen LogP contribution < -0.4 is 5.32 Å². The zero-order valence-corrected chi connectivity index (χ0v) is 18.0. The van der Waals surface area contributed by atoms with Crippen LogP contribution in [0.15, 0.2) is 29.4 Å². The fourth-order valence-electron chi connectivity index (χ4n) is 3.13. The molecule has 0 spiro atoms. The lowest BCUT2D eigenvalue weighted by Crippen LogP contribution is -2.43. The van der Waals surface area contributed by atoms with E-state index in [0.29, 0.717) is 35.3 Å². The van der Waals surface area contributed by atoms with Crippen LogP contribution in [0, 0.1) is 12.8 Å². The van der Waals surface area contributed by atoms with Crippen LogP contribution in [0.1, 0.15) is 24.2 Å². The zero-order chi connectivity index (χ0) is 20.5. The molecular weight excluding hydrogens is 423 g/mol. The Morgan fingerprint density at radius 2 is 1.96 bits per heavy atom. The molecule has 2 heterocycles.